The van der Waals surface area contributed by atoms with Gasteiger partial charge in [-0.05, 0) is 49.9 Å². The molecule has 1 unspecified atom stereocenters. The Morgan fingerprint density at radius 1 is 1.44 bits per heavy atom. The van der Waals surface area contributed by atoms with Crippen molar-refractivity contribution in [1.82, 2.24) is 5.32 Å². The summed E-state index contributed by atoms with van der Waals surface area (Å²) < 4.78 is 13.2. The van der Waals surface area contributed by atoms with Crippen LogP contribution in [0, 0.1) is 12.7 Å². The monoisotopic (exact) mass is 223 g/mol. The largest absolute Gasteiger partial charge is 0.384 e. The molecule has 1 aliphatic carbocycles. The van der Waals surface area contributed by atoms with Gasteiger partial charge in [0.15, 0.2) is 0 Å². The fraction of sp³-hybridized carbons (Fsp3) is 0.538. The first-order chi connectivity index (χ1) is 7.47. The topological polar surface area (TPSA) is 32.3 Å². The van der Waals surface area contributed by atoms with Gasteiger partial charge >= 0.3 is 0 Å². The van der Waals surface area contributed by atoms with Gasteiger partial charge in [-0.25, -0.2) is 4.39 Å². The van der Waals surface area contributed by atoms with Gasteiger partial charge in [0.2, 0.25) is 0 Å². The summed E-state index contributed by atoms with van der Waals surface area (Å²) in [7, 11) is 0. The fourth-order valence-corrected chi connectivity index (χ4v) is 1.78. The molecule has 1 atom stereocenters. The zero-order chi connectivity index (χ0) is 11.8. The molecule has 0 heterocycles. The van der Waals surface area contributed by atoms with Crippen molar-refractivity contribution >= 4 is 0 Å². The molecular formula is C13H18FNO. The zero-order valence-electron chi connectivity index (χ0n) is 9.76. The van der Waals surface area contributed by atoms with E-state index in [4.69, 9.17) is 0 Å². The Bertz CT molecular complexity index is 365. The molecule has 3 heteroatoms. The molecule has 0 aliphatic heterocycles. The zero-order valence-corrected chi connectivity index (χ0v) is 9.76. The number of aliphatic hydroxyl groups is 1. The maximum Gasteiger partial charge on any atom is 0.123 e. The molecule has 1 aromatic rings. The van der Waals surface area contributed by atoms with Crippen LogP contribution in [0.25, 0.3) is 0 Å². The van der Waals surface area contributed by atoms with Crippen LogP contribution >= 0.6 is 0 Å². The first kappa shape index (κ1) is 11.6. The van der Waals surface area contributed by atoms with Gasteiger partial charge in [-0.15, -0.1) is 0 Å². The van der Waals surface area contributed by atoms with Crippen molar-refractivity contribution in [2.75, 3.05) is 6.54 Å². The first-order valence-electron chi connectivity index (χ1n) is 5.71. The van der Waals surface area contributed by atoms with Crippen molar-refractivity contribution in [2.24, 2.45) is 0 Å². The maximum atomic E-state index is 13.2. The molecule has 0 aromatic heterocycles. The molecule has 2 N–H and O–H groups in total. The number of hydrogen-bond donors (Lipinski definition) is 2. The van der Waals surface area contributed by atoms with Gasteiger partial charge in [0, 0.05) is 12.6 Å². The highest BCUT2D eigenvalue weighted by atomic mass is 19.1. The summed E-state index contributed by atoms with van der Waals surface area (Å²) in [5.41, 5.74) is 0.468. The number of halogens is 1. The summed E-state index contributed by atoms with van der Waals surface area (Å²) in [4.78, 5) is 0. The van der Waals surface area contributed by atoms with E-state index in [1.165, 1.54) is 25.0 Å². The predicted molar refractivity (Wildman–Crippen MR) is 61.7 cm³/mol. The molecule has 0 spiro atoms. The van der Waals surface area contributed by atoms with Crippen molar-refractivity contribution in [3.8, 4) is 0 Å². The Morgan fingerprint density at radius 3 is 2.69 bits per heavy atom. The number of benzene rings is 1. The van der Waals surface area contributed by atoms with E-state index in [1.54, 1.807) is 6.92 Å². The second kappa shape index (κ2) is 4.15. The van der Waals surface area contributed by atoms with E-state index < -0.39 is 5.60 Å². The molecular weight excluding hydrogens is 205 g/mol. The fourth-order valence-electron chi connectivity index (χ4n) is 1.78. The third kappa shape index (κ3) is 2.80. The molecule has 0 saturated heterocycles. The van der Waals surface area contributed by atoms with Gasteiger partial charge in [0.05, 0.1) is 5.60 Å². The van der Waals surface area contributed by atoms with Crippen molar-refractivity contribution in [1.29, 1.82) is 0 Å². The number of aryl methyl sites for hydroxylation is 1. The minimum Gasteiger partial charge on any atom is -0.384 e. The first-order valence-corrected chi connectivity index (χ1v) is 5.71. The highest BCUT2D eigenvalue weighted by Crippen LogP contribution is 2.25. The van der Waals surface area contributed by atoms with Crippen LogP contribution in [0.15, 0.2) is 18.2 Å². The molecule has 2 nitrogen and oxygen atoms in total. The van der Waals surface area contributed by atoms with Crippen LogP contribution in [0.1, 0.15) is 30.9 Å². The van der Waals surface area contributed by atoms with Crippen LogP contribution < -0.4 is 5.32 Å². The molecule has 1 fully saturated rings. The lowest BCUT2D eigenvalue weighted by Crippen LogP contribution is -2.36. The van der Waals surface area contributed by atoms with E-state index >= 15 is 0 Å². The molecule has 88 valence electrons. The minimum absolute atomic E-state index is 0.290. The molecule has 16 heavy (non-hydrogen) atoms. The van der Waals surface area contributed by atoms with E-state index in [2.05, 4.69) is 5.32 Å². The van der Waals surface area contributed by atoms with Crippen LogP contribution in [0.3, 0.4) is 0 Å². The van der Waals surface area contributed by atoms with Gasteiger partial charge in [0.1, 0.15) is 5.82 Å². The Labute approximate surface area is 95.5 Å². The van der Waals surface area contributed by atoms with Gasteiger partial charge in [-0.3, -0.25) is 0 Å². The molecule has 1 saturated carbocycles. The third-order valence-electron chi connectivity index (χ3n) is 2.98. The quantitative estimate of drug-likeness (QED) is 0.819. The van der Waals surface area contributed by atoms with Crippen molar-refractivity contribution < 1.29 is 9.50 Å². The molecule has 1 aromatic carbocycles. The third-order valence-corrected chi connectivity index (χ3v) is 2.98. The highest BCUT2D eigenvalue weighted by Gasteiger charge is 2.28. The summed E-state index contributed by atoms with van der Waals surface area (Å²) in [6.07, 6.45) is 2.36. The van der Waals surface area contributed by atoms with Gasteiger partial charge in [-0.2, -0.15) is 0 Å². The Morgan fingerprint density at radius 2 is 2.12 bits per heavy atom. The smallest absolute Gasteiger partial charge is 0.123 e. The maximum absolute atomic E-state index is 13.2. The van der Waals surface area contributed by atoms with Crippen LogP contribution in [0.2, 0.25) is 0 Å². The lowest BCUT2D eigenvalue weighted by atomic mass is 9.94. The predicted octanol–water partition coefficient (Wildman–Crippen LogP) is 2.09. The Hall–Kier alpha value is -0.930. The van der Waals surface area contributed by atoms with Crippen LogP contribution in [0.5, 0.6) is 0 Å². The van der Waals surface area contributed by atoms with Gasteiger partial charge in [-0.1, -0.05) is 6.07 Å². The highest BCUT2D eigenvalue weighted by molar-refractivity contribution is 5.28. The van der Waals surface area contributed by atoms with Gasteiger partial charge < -0.3 is 10.4 Å². The summed E-state index contributed by atoms with van der Waals surface area (Å²) in [6.45, 7) is 4.02. The SMILES string of the molecule is Cc1cc(F)cc(C(C)(O)CNC2CC2)c1. The second-order valence-corrected chi connectivity index (χ2v) is 4.95. The van der Waals surface area contributed by atoms with Crippen molar-refractivity contribution in [3.63, 3.8) is 0 Å². The number of hydrogen-bond acceptors (Lipinski definition) is 2. The van der Waals surface area contributed by atoms with Crippen LogP contribution in [-0.4, -0.2) is 17.7 Å². The molecule has 0 radical (unpaired) electrons. The second-order valence-electron chi connectivity index (χ2n) is 4.95. The average Bonchev–Trinajstić information content (AvgIpc) is 2.96. The normalized spacial score (nSPS) is 19.5. The van der Waals surface area contributed by atoms with E-state index in [9.17, 15) is 9.50 Å². The lowest BCUT2D eigenvalue weighted by molar-refractivity contribution is 0.0562. The average molecular weight is 223 g/mol. The van der Waals surface area contributed by atoms with Crippen molar-refractivity contribution in [2.45, 2.75) is 38.3 Å². The number of rotatable bonds is 4. The Kier molecular flexibility index (Phi) is 3.00. The molecule has 2 rings (SSSR count). The minimum atomic E-state index is -1.00. The number of nitrogens with one attached hydrogen (secondary N) is 1. The van der Waals surface area contributed by atoms with E-state index in [-0.39, 0.29) is 5.82 Å². The standard InChI is InChI=1S/C13H18FNO/c1-9-5-10(7-11(14)6-9)13(2,16)8-15-12-3-4-12/h5-7,12,15-16H,3-4,8H2,1-2H3. The van der Waals surface area contributed by atoms with E-state index in [0.29, 0.717) is 18.2 Å². The molecule has 0 bridgehead atoms. The molecule has 1 aliphatic rings. The van der Waals surface area contributed by atoms with Crippen molar-refractivity contribution in [3.05, 3.63) is 35.1 Å². The summed E-state index contributed by atoms with van der Waals surface area (Å²) >= 11 is 0. The van der Waals surface area contributed by atoms with Crippen LogP contribution in [0.4, 0.5) is 4.39 Å². The summed E-state index contributed by atoms with van der Waals surface area (Å²) in [5, 5.41) is 13.5. The van der Waals surface area contributed by atoms with Crippen LogP contribution in [-0.2, 0) is 5.60 Å². The Balaban J connectivity index is 2.12. The molecule has 0 amide bonds. The van der Waals surface area contributed by atoms with E-state index in [1.807, 2.05) is 13.0 Å². The van der Waals surface area contributed by atoms with E-state index in [0.717, 1.165) is 5.56 Å². The lowest BCUT2D eigenvalue weighted by Gasteiger charge is -2.25. The van der Waals surface area contributed by atoms with Gasteiger partial charge in [0.25, 0.3) is 0 Å². The summed E-state index contributed by atoms with van der Waals surface area (Å²) in [5.74, 6) is -0.290. The summed E-state index contributed by atoms with van der Waals surface area (Å²) in [6, 6.07) is 5.24.